The predicted octanol–water partition coefficient (Wildman–Crippen LogP) is 9.18. The van der Waals surface area contributed by atoms with Crippen LogP contribution in [0.4, 0.5) is 0 Å². The first-order chi connectivity index (χ1) is 19.3. The van der Waals surface area contributed by atoms with Crippen LogP contribution in [0.25, 0.3) is 0 Å². The molecule has 0 bridgehead atoms. The minimum absolute atomic E-state index is 0.0417. The highest BCUT2D eigenvalue weighted by Crippen LogP contribution is 2.77. The molecule has 0 aromatic heterocycles. The van der Waals surface area contributed by atoms with Crippen LogP contribution in [0.5, 0.6) is 0 Å². The SMILES string of the molecule is C=C(C)[C@@H]1CC[C@]2(C(=O)OC)CC[C@]3(C)[C@H](CC[C@@H]4[C@@]5(C)CCC(O[Si](C)(C)C(C)(C)C)C(C)(CO)[C@@H]5CC[C@]43C)[C@@H]12. The van der Waals surface area contributed by atoms with Gasteiger partial charge >= 0.3 is 5.97 Å². The molecule has 0 saturated heterocycles. The number of ether oxygens (including phenoxy) is 1. The van der Waals surface area contributed by atoms with Crippen LogP contribution in [0, 0.1) is 56.7 Å². The normalized spacial score (nSPS) is 48.9. The van der Waals surface area contributed by atoms with Crippen molar-refractivity contribution in [3.63, 3.8) is 0 Å². The molecule has 5 aliphatic rings. The summed E-state index contributed by atoms with van der Waals surface area (Å²) in [4.78, 5) is 13.5. The van der Waals surface area contributed by atoms with Gasteiger partial charge in [-0.3, -0.25) is 4.79 Å². The Morgan fingerprint density at radius 3 is 2.14 bits per heavy atom. The summed E-state index contributed by atoms with van der Waals surface area (Å²) in [5.74, 6) is 2.42. The lowest BCUT2D eigenvalue weighted by Crippen LogP contribution is -2.68. The first-order valence-corrected chi connectivity index (χ1v) is 20.2. The Hall–Kier alpha value is -0.653. The van der Waals surface area contributed by atoms with E-state index in [4.69, 9.17) is 9.16 Å². The minimum Gasteiger partial charge on any atom is -0.469 e. The molecule has 0 amide bonds. The van der Waals surface area contributed by atoms with Crippen molar-refractivity contribution in [2.45, 2.75) is 144 Å². The zero-order chi connectivity index (χ0) is 31.3. The fraction of sp³-hybridized carbons (Fsp3) is 0.919. The molecule has 5 saturated carbocycles. The Morgan fingerprint density at radius 2 is 1.57 bits per heavy atom. The van der Waals surface area contributed by atoms with E-state index in [-0.39, 0.29) is 50.8 Å². The van der Waals surface area contributed by atoms with Crippen LogP contribution in [0.3, 0.4) is 0 Å². The molecular formula is C37H64O4Si. The molecule has 0 aromatic rings. The second kappa shape index (κ2) is 10.2. The first kappa shape index (κ1) is 32.7. The van der Waals surface area contributed by atoms with Crippen LogP contribution >= 0.6 is 0 Å². The number of carbonyl (C=O) groups excluding carboxylic acids is 1. The van der Waals surface area contributed by atoms with Gasteiger partial charge in [-0.2, -0.15) is 0 Å². The Bertz CT molecular complexity index is 1090. The van der Waals surface area contributed by atoms with Gasteiger partial charge in [0, 0.05) is 5.41 Å². The van der Waals surface area contributed by atoms with Crippen molar-refractivity contribution in [2.75, 3.05) is 13.7 Å². The van der Waals surface area contributed by atoms with E-state index in [1.807, 2.05) is 0 Å². The maximum Gasteiger partial charge on any atom is 0.312 e. The van der Waals surface area contributed by atoms with Gasteiger partial charge in [0.05, 0.1) is 25.2 Å². The summed E-state index contributed by atoms with van der Waals surface area (Å²) in [6, 6.07) is 0. The smallest absolute Gasteiger partial charge is 0.312 e. The van der Waals surface area contributed by atoms with E-state index in [9.17, 15) is 9.90 Å². The molecule has 5 fully saturated rings. The van der Waals surface area contributed by atoms with Crippen molar-refractivity contribution in [3.8, 4) is 0 Å². The average molecular weight is 601 g/mol. The summed E-state index contributed by atoms with van der Waals surface area (Å²) in [5.41, 5.74) is 1.30. The van der Waals surface area contributed by atoms with Crippen LogP contribution in [-0.4, -0.2) is 39.2 Å². The summed E-state index contributed by atoms with van der Waals surface area (Å²) in [6.07, 6.45) is 11.3. The lowest BCUT2D eigenvalue weighted by Gasteiger charge is -2.73. The zero-order valence-electron chi connectivity index (χ0n) is 29.1. The summed E-state index contributed by atoms with van der Waals surface area (Å²) >= 11 is 0. The molecule has 1 N–H and O–H groups in total. The third-order valence-electron chi connectivity index (χ3n) is 16.0. The molecule has 5 aliphatic carbocycles. The number of aliphatic hydroxyl groups is 1. The van der Waals surface area contributed by atoms with Crippen LogP contribution < -0.4 is 0 Å². The molecular weight excluding hydrogens is 536 g/mol. The number of allylic oxidation sites excluding steroid dienone is 1. The first-order valence-electron chi connectivity index (χ1n) is 17.3. The second-order valence-corrected chi connectivity index (χ2v) is 23.2. The van der Waals surface area contributed by atoms with Crippen molar-refractivity contribution in [1.29, 1.82) is 0 Å². The number of methoxy groups -OCH3 is 1. The van der Waals surface area contributed by atoms with Crippen LogP contribution in [0.15, 0.2) is 12.2 Å². The maximum atomic E-state index is 13.5. The average Bonchev–Trinajstić information content (AvgIpc) is 3.31. The largest absolute Gasteiger partial charge is 0.469 e. The number of esters is 1. The van der Waals surface area contributed by atoms with E-state index in [0.29, 0.717) is 29.6 Å². The molecule has 2 unspecified atom stereocenters. The number of hydrogen-bond acceptors (Lipinski definition) is 4. The molecule has 42 heavy (non-hydrogen) atoms. The quantitative estimate of drug-likeness (QED) is 0.194. The van der Waals surface area contributed by atoms with E-state index >= 15 is 0 Å². The van der Waals surface area contributed by atoms with Gasteiger partial charge in [0.15, 0.2) is 8.32 Å². The molecule has 11 atom stereocenters. The number of rotatable bonds is 5. The van der Waals surface area contributed by atoms with E-state index in [1.165, 1.54) is 31.3 Å². The van der Waals surface area contributed by atoms with Crippen LogP contribution in [0.1, 0.15) is 120 Å². The van der Waals surface area contributed by atoms with Gasteiger partial charge in [-0.15, -0.1) is 0 Å². The third-order valence-corrected chi connectivity index (χ3v) is 20.5. The molecule has 5 heteroatoms. The number of aliphatic hydroxyl groups excluding tert-OH is 1. The van der Waals surface area contributed by atoms with Crippen molar-refractivity contribution in [3.05, 3.63) is 12.2 Å². The van der Waals surface area contributed by atoms with Gasteiger partial charge in [-0.05, 0) is 135 Å². The second-order valence-electron chi connectivity index (χ2n) is 18.4. The highest BCUT2D eigenvalue weighted by molar-refractivity contribution is 6.74. The lowest BCUT2D eigenvalue weighted by molar-refractivity contribution is -0.253. The Labute approximate surface area is 259 Å². The topological polar surface area (TPSA) is 55.8 Å². The Morgan fingerprint density at radius 1 is 0.905 bits per heavy atom. The highest BCUT2D eigenvalue weighted by atomic mass is 28.4. The molecule has 0 heterocycles. The van der Waals surface area contributed by atoms with Gasteiger partial charge in [0.25, 0.3) is 0 Å². The van der Waals surface area contributed by atoms with E-state index in [0.717, 1.165) is 38.5 Å². The van der Waals surface area contributed by atoms with E-state index in [2.05, 4.69) is 75.1 Å². The van der Waals surface area contributed by atoms with Gasteiger partial charge in [0.1, 0.15) is 0 Å². The van der Waals surface area contributed by atoms with Gasteiger partial charge in [-0.1, -0.05) is 60.6 Å². The standard InChI is InChI=1S/C37H64O4Si/c1-24(2)25-15-20-37(31(39)40-10)22-21-35(8)26(30(25)37)13-14-28-33(6)18-17-29(41-42(11,12)32(3,4)5)34(7,23-38)27(33)16-19-36(28,35)9/h25-30,38H,1,13-23H2,2-12H3/t25-,26+,27+,28+,29?,30+,33-,34?,35+,36+,37-/m0/s1. The Kier molecular flexibility index (Phi) is 7.93. The van der Waals surface area contributed by atoms with Crippen LogP contribution in [0.2, 0.25) is 18.1 Å². The lowest BCUT2D eigenvalue weighted by atomic mass is 9.32. The van der Waals surface area contributed by atoms with Crippen molar-refractivity contribution in [2.24, 2.45) is 56.7 Å². The Balaban J connectivity index is 1.50. The van der Waals surface area contributed by atoms with Crippen molar-refractivity contribution >= 4 is 14.3 Å². The van der Waals surface area contributed by atoms with Gasteiger partial charge in [-0.25, -0.2) is 0 Å². The summed E-state index contributed by atoms with van der Waals surface area (Å²) in [6.45, 7) is 28.8. The summed E-state index contributed by atoms with van der Waals surface area (Å²) in [5, 5.41) is 11.3. The summed E-state index contributed by atoms with van der Waals surface area (Å²) in [7, 11) is -0.370. The fourth-order valence-corrected chi connectivity index (χ4v) is 13.9. The monoisotopic (exact) mass is 600 g/mol. The van der Waals surface area contributed by atoms with Crippen molar-refractivity contribution < 1.29 is 19.1 Å². The number of hydrogen-bond donors (Lipinski definition) is 1. The minimum atomic E-state index is -1.97. The van der Waals surface area contributed by atoms with Crippen LogP contribution in [-0.2, 0) is 14.0 Å². The maximum absolute atomic E-state index is 13.5. The third kappa shape index (κ3) is 4.20. The number of fused-ring (bicyclic) bond motifs is 7. The predicted molar refractivity (Wildman–Crippen MR) is 174 cm³/mol. The molecule has 0 radical (unpaired) electrons. The van der Waals surface area contributed by atoms with Gasteiger partial charge in [0.2, 0.25) is 0 Å². The molecule has 0 aromatic carbocycles. The number of carbonyl (C=O) groups is 1. The van der Waals surface area contributed by atoms with Gasteiger partial charge < -0.3 is 14.3 Å². The summed E-state index contributed by atoms with van der Waals surface area (Å²) < 4.78 is 12.7. The van der Waals surface area contributed by atoms with E-state index in [1.54, 1.807) is 7.11 Å². The molecule has 0 spiro atoms. The molecule has 0 aliphatic heterocycles. The molecule has 4 nitrogen and oxygen atoms in total. The highest BCUT2D eigenvalue weighted by Gasteiger charge is 2.72. The molecule has 5 rings (SSSR count). The molecule has 240 valence electrons. The zero-order valence-corrected chi connectivity index (χ0v) is 30.1. The van der Waals surface area contributed by atoms with Crippen molar-refractivity contribution in [1.82, 2.24) is 0 Å². The van der Waals surface area contributed by atoms with E-state index < -0.39 is 8.32 Å². The fourth-order valence-electron chi connectivity index (χ4n) is 12.4.